The van der Waals surface area contributed by atoms with Crippen molar-refractivity contribution in [3.8, 4) is 5.75 Å². The fourth-order valence-electron chi connectivity index (χ4n) is 2.33. The first-order valence-electron chi connectivity index (χ1n) is 5.83. The maximum Gasteiger partial charge on any atom is 0.132 e. The Morgan fingerprint density at radius 2 is 2.12 bits per heavy atom. The van der Waals surface area contributed by atoms with Crippen LogP contribution in [0.4, 0.5) is 5.69 Å². The highest BCUT2D eigenvalue weighted by molar-refractivity contribution is 5.61. The molecule has 0 bridgehead atoms. The Bertz CT molecular complexity index is 399. The molecule has 3 rings (SSSR count). The van der Waals surface area contributed by atoms with Crippen molar-refractivity contribution in [1.82, 2.24) is 10.6 Å². The number of fused-ring (bicyclic) bond motifs is 1. The second-order valence-corrected chi connectivity index (χ2v) is 4.31. The normalized spacial score (nSPS) is 19.6. The van der Waals surface area contributed by atoms with Crippen LogP contribution in [0.25, 0.3) is 0 Å². The molecule has 0 radical (unpaired) electrons. The first-order chi connectivity index (χ1) is 7.84. The van der Waals surface area contributed by atoms with E-state index in [0.717, 1.165) is 37.6 Å². The van der Waals surface area contributed by atoms with Gasteiger partial charge in [0.05, 0.1) is 6.61 Å². The number of hydrogen-bond donors (Lipinski definition) is 3. The Labute approximate surface area is 95.4 Å². The fraction of sp³-hybridized carbons (Fsp3) is 0.500. The summed E-state index contributed by atoms with van der Waals surface area (Å²) in [5.41, 5.74) is 3.69. The molecular formula is C12H17N3O. The quantitative estimate of drug-likeness (QED) is 0.689. The molecule has 1 aromatic carbocycles. The molecule has 2 aliphatic heterocycles. The van der Waals surface area contributed by atoms with Crippen LogP contribution in [0.15, 0.2) is 12.1 Å². The van der Waals surface area contributed by atoms with Crippen LogP contribution in [0.3, 0.4) is 0 Å². The van der Waals surface area contributed by atoms with Gasteiger partial charge in [-0.1, -0.05) is 6.07 Å². The van der Waals surface area contributed by atoms with Gasteiger partial charge < -0.3 is 10.1 Å². The molecule has 1 saturated heterocycles. The molecule has 0 atom stereocenters. The summed E-state index contributed by atoms with van der Waals surface area (Å²) in [4.78, 5) is 0. The lowest BCUT2D eigenvalue weighted by Crippen LogP contribution is -2.38. The molecule has 0 saturated carbocycles. The van der Waals surface area contributed by atoms with Crippen molar-refractivity contribution in [2.24, 2.45) is 0 Å². The van der Waals surface area contributed by atoms with Crippen LogP contribution in [-0.4, -0.2) is 26.0 Å². The lowest BCUT2D eigenvalue weighted by molar-refractivity contribution is 0.355. The van der Waals surface area contributed by atoms with Gasteiger partial charge in [0.1, 0.15) is 12.0 Å². The highest BCUT2D eigenvalue weighted by Crippen LogP contribution is 2.33. The fourth-order valence-corrected chi connectivity index (χ4v) is 2.33. The van der Waals surface area contributed by atoms with Crippen LogP contribution in [0.5, 0.6) is 5.75 Å². The molecule has 1 aromatic rings. The topological polar surface area (TPSA) is 45.3 Å². The molecule has 0 aromatic heterocycles. The Balaban J connectivity index is 1.84. The average molecular weight is 219 g/mol. The lowest BCUT2D eigenvalue weighted by Gasteiger charge is -2.17. The van der Waals surface area contributed by atoms with Crippen LogP contribution < -0.4 is 20.7 Å². The minimum Gasteiger partial charge on any atom is -0.493 e. The zero-order valence-electron chi connectivity index (χ0n) is 9.47. The van der Waals surface area contributed by atoms with E-state index in [9.17, 15) is 0 Å². The van der Waals surface area contributed by atoms with Gasteiger partial charge in [0.2, 0.25) is 0 Å². The van der Waals surface area contributed by atoms with Crippen molar-refractivity contribution in [3.63, 3.8) is 0 Å². The summed E-state index contributed by atoms with van der Waals surface area (Å²) in [5.74, 6) is 1.07. The standard InChI is InChI=1S/C12H17N3O/c1-8-10(15-12-13-5-6-14-12)3-2-9-4-7-16-11(8)9/h2-3,12-15H,4-7H2,1H3. The van der Waals surface area contributed by atoms with Gasteiger partial charge in [-0.15, -0.1) is 0 Å². The second kappa shape index (κ2) is 3.96. The highest BCUT2D eigenvalue weighted by Gasteiger charge is 2.19. The second-order valence-electron chi connectivity index (χ2n) is 4.31. The first kappa shape index (κ1) is 9.93. The molecule has 4 heteroatoms. The van der Waals surface area contributed by atoms with Gasteiger partial charge in [-0.2, -0.15) is 0 Å². The van der Waals surface area contributed by atoms with E-state index in [1.165, 1.54) is 11.1 Å². The molecule has 2 aliphatic rings. The predicted octanol–water partition coefficient (Wildman–Crippen LogP) is 0.818. The SMILES string of the molecule is Cc1c(NC2NCCN2)ccc2c1OCC2. The van der Waals surface area contributed by atoms with E-state index in [1.54, 1.807) is 0 Å². The monoisotopic (exact) mass is 219 g/mol. The van der Waals surface area contributed by atoms with Crippen molar-refractivity contribution >= 4 is 5.69 Å². The van der Waals surface area contributed by atoms with E-state index in [0.29, 0.717) is 0 Å². The van der Waals surface area contributed by atoms with Gasteiger partial charge >= 0.3 is 0 Å². The Morgan fingerprint density at radius 3 is 2.94 bits per heavy atom. The van der Waals surface area contributed by atoms with Crippen molar-refractivity contribution < 1.29 is 4.74 Å². The summed E-state index contributed by atoms with van der Waals surface area (Å²) in [6.45, 7) is 4.96. The number of nitrogens with one attached hydrogen (secondary N) is 3. The molecular weight excluding hydrogens is 202 g/mol. The van der Waals surface area contributed by atoms with Crippen LogP contribution >= 0.6 is 0 Å². The Morgan fingerprint density at radius 1 is 1.31 bits per heavy atom. The molecule has 2 heterocycles. The van der Waals surface area contributed by atoms with E-state index in [-0.39, 0.29) is 6.29 Å². The van der Waals surface area contributed by atoms with Crippen LogP contribution in [0.2, 0.25) is 0 Å². The average Bonchev–Trinajstić information content (AvgIpc) is 2.93. The Kier molecular flexibility index (Phi) is 2.46. The smallest absolute Gasteiger partial charge is 0.132 e. The summed E-state index contributed by atoms with van der Waals surface area (Å²) < 4.78 is 5.65. The number of anilines is 1. The largest absolute Gasteiger partial charge is 0.493 e. The van der Waals surface area contributed by atoms with E-state index >= 15 is 0 Å². The number of benzene rings is 1. The molecule has 16 heavy (non-hydrogen) atoms. The predicted molar refractivity (Wildman–Crippen MR) is 63.8 cm³/mol. The lowest BCUT2D eigenvalue weighted by atomic mass is 10.1. The number of ether oxygens (including phenoxy) is 1. The molecule has 3 N–H and O–H groups in total. The van der Waals surface area contributed by atoms with Gasteiger partial charge in [-0.3, -0.25) is 10.6 Å². The maximum absolute atomic E-state index is 5.65. The zero-order valence-corrected chi connectivity index (χ0v) is 9.47. The number of hydrogen-bond acceptors (Lipinski definition) is 4. The van der Waals surface area contributed by atoms with Gasteiger partial charge in [0.15, 0.2) is 0 Å². The summed E-state index contributed by atoms with van der Waals surface area (Å²) in [6, 6.07) is 4.30. The molecule has 0 spiro atoms. The van der Waals surface area contributed by atoms with Crippen LogP contribution in [-0.2, 0) is 6.42 Å². The van der Waals surface area contributed by atoms with Crippen LogP contribution in [0, 0.1) is 6.92 Å². The van der Waals surface area contributed by atoms with Crippen molar-refractivity contribution in [1.29, 1.82) is 0 Å². The van der Waals surface area contributed by atoms with Crippen LogP contribution in [0.1, 0.15) is 11.1 Å². The van der Waals surface area contributed by atoms with Crippen molar-refractivity contribution in [2.75, 3.05) is 25.0 Å². The first-order valence-corrected chi connectivity index (χ1v) is 5.83. The third kappa shape index (κ3) is 1.64. The van der Waals surface area contributed by atoms with E-state index in [4.69, 9.17) is 4.74 Å². The van der Waals surface area contributed by atoms with Crippen molar-refractivity contribution in [2.45, 2.75) is 19.6 Å². The van der Waals surface area contributed by atoms with E-state index in [2.05, 4.69) is 35.0 Å². The minimum absolute atomic E-state index is 0.179. The third-order valence-electron chi connectivity index (χ3n) is 3.23. The maximum atomic E-state index is 5.65. The van der Waals surface area contributed by atoms with Gasteiger partial charge in [-0.25, -0.2) is 0 Å². The van der Waals surface area contributed by atoms with Crippen molar-refractivity contribution in [3.05, 3.63) is 23.3 Å². The van der Waals surface area contributed by atoms with Gasteiger partial charge in [-0.05, 0) is 18.6 Å². The molecule has 0 amide bonds. The molecule has 86 valence electrons. The molecule has 1 fully saturated rings. The third-order valence-corrected chi connectivity index (χ3v) is 3.23. The van der Waals surface area contributed by atoms with Gasteiger partial charge in [0.25, 0.3) is 0 Å². The summed E-state index contributed by atoms with van der Waals surface area (Å²) >= 11 is 0. The van der Waals surface area contributed by atoms with E-state index < -0.39 is 0 Å². The highest BCUT2D eigenvalue weighted by atomic mass is 16.5. The van der Waals surface area contributed by atoms with Gasteiger partial charge in [0, 0.05) is 30.8 Å². The van der Waals surface area contributed by atoms with E-state index in [1.807, 2.05) is 0 Å². The number of rotatable bonds is 2. The molecule has 0 unspecified atom stereocenters. The summed E-state index contributed by atoms with van der Waals surface area (Å²) in [6.07, 6.45) is 1.22. The molecule has 0 aliphatic carbocycles. The Hall–Kier alpha value is -1.26. The summed E-state index contributed by atoms with van der Waals surface area (Å²) in [7, 11) is 0. The zero-order chi connectivity index (χ0) is 11.0. The minimum atomic E-state index is 0.179. The summed E-state index contributed by atoms with van der Waals surface area (Å²) in [5, 5.41) is 10.1. The molecule has 4 nitrogen and oxygen atoms in total.